The zero-order valence-electron chi connectivity index (χ0n) is 19.8. The van der Waals surface area contributed by atoms with E-state index in [0.717, 1.165) is 21.4 Å². The maximum atomic E-state index is 13.6. The van der Waals surface area contributed by atoms with Crippen LogP contribution in [0.1, 0.15) is 46.6 Å². The Labute approximate surface area is 202 Å². The molecule has 0 unspecified atom stereocenters. The van der Waals surface area contributed by atoms with Crippen molar-refractivity contribution >= 4 is 17.5 Å². The molecule has 3 aromatic rings. The quantitative estimate of drug-likeness (QED) is 0.406. The Hall–Kier alpha value is -4.01. The van der Waals surface area contributed by atoms with Gasteiger partial charge in [-0.2, -0.15) is 4.73 Å². The summed E-state index contributed by atoms with van der Waals surface area (Å²) >= 11 is 0. The Kier molecular flexibility index (Phi) is 6.95. The lowest BCUT2D eigenvalue weighted by Crippen LogP contribution is -2.49. The molecule has 0 spiro atoms. The van der Waals surface area contributed by atoms with Crippen molar-refractivity contribution < 1.29 is 23.2 Å². The Morgan fingerprint density at radius 1 is 1.20 bits per heavy atom. The van der Waals surface area contributed by atoms with Crippen LogP contribution >= 0.6 is 0 Å². The van der Waals surface area contributed by atoms with Gasteiger partial charge in [0.2, 0.25) is 5.91 Å². The highest BCUT2D eigenvalue weighted by atomic mass is 19.1. The average molecular weight is 479 g/mol. The van der Waals surface area contributed by atoms with E-state index in [4.69, 9.17) is 4.52 Å². The van der Waals surface area contributed by atoms with E-state index in [9.17, 15) is 19.2 Å². The van der Waals surface area contributed by atoms with E-state index in [1.807, 2.05) is 19.1 Å². The summed E-state index contributed by atoms with van der Waals surface area (Å²) in [6.07, 6.45) is 5.17. The molecule has 2 atom stereocenters. The third kappa shape index (κ3) is 5.24. The molecule has 2 amide bonds. The summed E-state index contributed by atoms with van der Waals surface area (Å²) in [6.45, 7) is 5.33. The molecule has 8 nitrogen and oxygen atoms in total. The topological polar surface area (TPSA) is 111 Å². The molecule has 0 radical (unpaired) electrons. The number of amides is 2. The second-order valence-corrected chi connectivity index (χ2v) is 8.80. The monoisotopic (exact) mass is 478 g/mol. The number of rotatable bonds is 6. The summed E-state index contributed by atoms with van der Waals surface area (Å²) in [5, 5.41) is 21.4. The minimum atomic E-state index is -0.876. The molecule has 182 valence electrons. The number of halogens is 1. The van der Waals surface area contributed by atoms with Crippen molar-refractivity contribution in [3.63, 3.8) is 0 Å². The van der Waals surface area contributed by atoms with Crippen LogP contribution < -0.4 is 15.4 Å². The Balaban J connectivity index is 1.54. The number of nitrogens with zero attached hydrogens (tertiary/aromatic N) is 2. The molecule has 2 aromatic heterocycles. The second-order valence-electron chi connectivity index (χ2n) is 8.80. The summed E-state index contributed by atoms with van der Waals surface area (Å²) in [7, 11) is 0. The summed E-state index contributed by atoms with van der Waals surface area (Å²) < 4.78 is 19.3. The molecule has 0 fully saturated rings. The summed E-state index contributed by atoms with van der Waals surface area (Å²) in [5.41, 5.74) is 4.45. The number of benzene rings is 1. The van der Waals surface area contributed by atoms with Gasteiger partial charge in [0, 0.05) is 18.7 Å². The highest BCUT2D eigenvalue weighted by Gasteiger charge is 2.32. The van der Waals surface area contributed by atoms with Crippen molar-refractivity contribution in [2.75, 3.05) is 5.32 Å². The molecule has 1 aliphatic rings. The number of carbonyl (C=O) groups excluding carboxylic acids is 2. The van der Waals surface area contributed by atoms with E-state index >= 15 is 0 Å². The number of carbonyl (C=O) groups is 2. The molecule has 2 N–H and O–H groups in total. The normalized spacial score (nSPS) is 16.3. The van der Waals surface area contributed by atoms with Gasteiger partial charge in [-0.15, -0.1) is 0 Å². The first-order valence-corrected chi connectivity index (χ1v) is 11.4. The molecule has 0 saturated heterocycles. The van der Waals surface area contributed by atoms with E-state index < -0.39 is 17.9 Å². The smallest absolute Gasteiger partial charge is 0.257 e. The lowest BCUT2D eigenvalue weighted by molar-refractivity contribution is -0.611. The third-order valence-corrected chi connectivity index (χ3v) is 6.42. The fraction of sp³-hybridized carbons (Fsp3) is 0.308. The fourth-order valence-corrected chi connectivity index (χ4v) is 4.40. The maximum absolute atomic E-state index is 13.6. The molecule has 0 aliphatic heterocycles. The van der Waals surface area contributed by atoms with Gasteiger partial charge in [-0.25, -0.2) is 4.39 Å². The van der Waals surface area contributed by atoms with Gasteiger partial charge < -0.3 is 20.4 Å². The first kappa shape index (κ1) is 24.1. The summed E-state index contributed by atoms with van der Waals surface area (Å²) in [6, 6.07) is 8.04. The second kappa shape index (κ2) is 10.1. The molecule has 9 heteroatoms. The maximum Gasteiger partial charge on any atom is 0.257 e. The van der Waals surface area contributed by atoms with E-state index in [2.05, 4.69) is 15.8 Å². The van der Waals surface area contributed by atoms with Crippen LogP contribution in [-0.2, 0) is 4.79 Å². The number of aryl methyl sites for hydroxylation is 2. The standard InChI is InChI=1S/C26H27FN4O4/c1-15-12-13-31(34)17(3)23(15)18-6-10-21(11-7-18)28-26(33)24(19-4-8-20(27)9-5-19)29-25(32)22-14-35-30-16(22)2/h6-8,10-14,19,24H,4-5,9H2,1-3H3,(H,28,33)(H,29,32)/t19-,24+/m1/s1. The van der Waals surface area contributed by atoms with Gasteiger partial charge in [0.15, 0.2) is 11.9 Å². The van der Waals surface area contributed by atoms with Gasteiger partial charge in [0.25, 0.3) is 5.91 Å². The minimum Gasteiger partial charge on any atom is -0.618 e. The fourth-order valence-electron chi connectivity index (χ4n) is 4.40. The summed E-state index contributed by atoms with van der Waals surface area (Å²) in [5.74, 6) is -1.34. The van der Waals surface area contributed by atoms with Gasteiger partial charge in [0.05, 0.1) is 17.1 Å². The van der Waals surface area contributed by atoms with Crippen LogP contribution in [-0.4, -0.2) is 23.0 Å². The summed E-state index contributed by atoms with van der Waals surface area (Å²) in [4.78, 5) is 26.1. The molecule has 35 heavy (non-hydrogen) atoms. The number of nitrogens with one attached hydrogen (secondary N) is 2. The predicted molar refractivity (Wildman–Crippen MR) is 128 cm³/mol. The Bertz CT molecular complexity index is 1280. The molecular formula is C26H27FN4O4. The van der Waals surface area contributed by atoms with Crippen molar-refractivity contribution in [3.8, 4) is 11.1 Å². The molecule has 0 saturated carbocycles. The van der Waals surface area contributed by atoms with E-state index in [1.165, 1.54) is 18.5 Å². The van der Waals surface area contributed by atoms with Gasteiger partial charge in [-0.1, -0.05) is 23.4 Å². The molecule has 1 aliphatic carbocycles. The number of hydrogen-bond donors (Lipinski definition) is 2. The van der Waals surface area contributed by atoms with Gasteiger partial charge in [0.1, 0.15) is 17.9 Å². The largest absolute Gasteiger partial charge is 0.618 e. The van der Waals surface area contributed by atoms with Gasteiger partial charge >= 0.3 is 0 Å². The highest BCUT2D eigenvalue weighted by Crippen LogP contribution is 2.29. The highest BCUT2D eigenvalue weighted by molar-refractivity contribution is 6.01. The molecule has 1 aromatic carbocycles. The van der Waals surface area contributed by atoms with Gasteiger partial charge in [-0.3, -0.25) is 9.59 Å². The van der Waals surface area contributed by atoms with Crippen molar-refractivity contribution in [1.82, 2.24) is 10.5 Å². The number of hydrogen-bond acceptors (Lipinski definition) is 5. The lowest BCUT2D eigenvalue weighted by atomic mass is 9.86. The van der Waals surface area contributed by atoms with Crippen LogP contribution in [0, 0.1) is 31.9 Å². The van der Waals surface area contributed by atoms with Crippen molar-refractivity contribution in [1.29, 1.82) is 0 Å². The van der Waals surface area contributed by atoms with E-state index in [-0.39, 0.29) is 23.7 Å². The number of anilines is 1. The zero-order valence-corrected chi connectivity index (χ0v) is 19.8. The van der Waals surface area contributed by atoms with Gasteiger partial charge in [-0.05, 0) is 62.3 Å². The lowest BCUT2D eigenvalue weighted by Gasteiger charge is -2.28. The SMILES string of the molecule is Cc1cc[n+]([O-])c(C)c1-c1ccc(NC(=O)[C@@H](NC(=O)c2conc2C)[C@@H]2CC=C(F)CC2)cc1. The molecule has 2 heterocycles. The third-order valence-electron chi connectivity index (χ3n) is 6.42. The Morgan fingerprint density at radius 2 is 1.94 bits per heavy atom. The van der Waals surface area contributed by atoms with Crippen LogP contribution in [0.15, 0.2) is 59.2 Å². The van der Waals surface area contributed by atoms with Crippen molar-refractivity contribution in [3.05, 3.63) is 82.4 Å². The molecule has 4 rings (SSSR count). The van der Waals surface area contributed by atoms with Crippen LogP contribution in [0.2, 0.25) is 0 Å². The zero-order chi connectivity index (χ0) is 25.1. The minimum absolute atomic E-state index is 0.205. The molecule has 0 bridgehead atoms. The molecular weight excluding hydrogens is 451 g/mol. The van der Waals surface area contributed by atoms with Crippen LogP contribution in [0.3, 0.4) is 0 Å². The Morgan fingerprint density at radius 3 is 2.57 bits per heavy atom. The first-order chi connectivity index (χ1) is 16.7. The van der Waals surface area contributed by atoms with Crippen LogP contribution in [0.25, 0.3) is 11.1 Å². The predicted octanol–water partition coefficient (Wildman–Crippen LogP) is 4.29. The van der Waals surface area contributed by atoms with Crippen molar-refractivity contribution in [2.45, 2.75) is 46.1 Å². The van der Waals surface area contributed by atoms with Crippen LogP contribution in [0.5, 0.6) is 0 Å². The number of allylic oxidation sites excluding steroid dienone is 2. The van der Waals surface area contributed by atoms with E-state index in [1.54, 1.807) is 32.0 Å². The number of pyridine rings is 1. The average Bonchev–Trinajstić information content (AvgIpc) is 3.27. The van der Waals surface area contributed by atoms with E-state index in [0.29, 0.717) is 29.9 Å². The first-order valence-electron chi connectivity index (χ1n) is 11.4. The van der Waals surface area contributed by atoms with Crippen LogP contribution in [0.4, 0.5) is 10.1 Å². The van der Waals surface area contributed by atoms with Crippen molar-refractivity contribution in [2.24, 2.45) is 5.92 Å². The number of aromatic nitrogens is 2.